The number of hydrogen-bond donors (Lipinski definition) is 0. The zero-order chi connectivity index (χ0) is 36.9. The summed E-state index contributed by atoms with van der Waals surface area (Å²) in [4.78, 5) is 50.5. The monoisotopic (exact) mass is 692 g/mol. The molecule has 1 unspecified atom stereocenters. The molecule has 0 aromatic heterocycles. The molecule has 0 bridgehead atoms. The van der Waals surface area contributed by atoms with E-state index in [4.69, 9.17) is 28.4 Å². The summed E-state index contributed by atoms with van der Waals surface area (Å²) in [5.41, 5.74) is 1.01. The van der Waals surface area contributed by atoms with Gasteiger partial charge < -0.3 is 28.4 Å². The minimum Gasteiger partial charge on any atom is -0.493 e. The summed E-state index contributed by atoms with van der Waals surface area (Å²) in [5, 5.41) is 0. The van der Waals surface area contributed by atoms with Gasteiger partial charge in [0.05, 0.1) is 33.4 Å². The molecule has 0 spiro atoms. The summed E-state index contributed by atoms with van der Waals surface area (Å²) in [6, 6.07) is 10.7. The van der Waals surface area contributed by atoms with E-state index >= 15 is 0 Å². The van der Waals surface area contributed by atoms with Crippen LogP contribution in [0.15, 0.2) is 48.0 Å². The fourth-order valence-corrected chi connectivity index (χ4v) is 5.27. The number of esters is 2. The Morgan fingerprint density at radius 2 is 1.24 bits per heavy atom. The molecule has 272 valence electrons. The molecule has 0 saturated heterocycles. The van der Waals surface area contributed by atoms with E-state index in [1.165, 1.54) is 20.3 Å². The average molecular weight is 693 g/mol. The first kappa shape index (κ1) is 39.8. The molecule has 0 amide bonds. The second kappa shape index (κ2) is 18.4. The summed E-state index contributed by atoms with van der Waals surface area (Å²) >= 11 is 0. The van der Waals surface area contributed by atoms with E-state index in [9.17, 15) is 19.2 Å². The third-order valence-electron chi connectivity index (χ3n) is 7.48. The normalized spacial score (nSPS) is 15.9. The summed E-state index contributed by atoms with van der Waals surface area (Å²) in [7, 11) is 3.07. The summed E-state index contributed by atoms with van der Waals surface area (Å²) in [5.74, 6) is 0.303. The van der Waals surface area contributed by atoms with Crippen LogP contribution in [-0.2, 0) is 28.7 Å². The van der Waals surface area contributed by atoms with Crippen LogP contribution in [0.25, 0.3) is 12.2 Å². The van der Waals surface area contributed by atoms with Gasteiger partial charge in [-0.25, -0.2) is 0 Å². The smallest absolute Gasteiger partial charge is 0.306 e. The Morgan fingerprint density at radius 3 is 1.74 bits per heavy atom. The predicted octanol–water partition coefficient (Wildman–Crippen LogP) is 7.74. The van der Waals surface area contributed by atoms with E-state index in [1.54, 1.807) is 42.5 Å². The van der Waals surface area contributed by atoms with Crippen molar-refractivity contribution in [1.82, 2.24) is 0 Å². The van der Waals surface area contributed by atoms with Crippen molar-refractivity contribution in [2.24, 2.45) is 5.92 Å². The van der Waals surface area contributed by atoms with Crippen molar-refractivity contribution in [3.63, 3.8) is 0 Å². The number of hydrogen-bond acceptors (Lipinski definition) is 10. The van der Waals surface area contributed by atoms with Crippen molar-refractivity contribution in [3.05, 3.63) is 59.2 Å². The summed E-state index contributed by atoms with van der Waals surface area (Å²) in [6.07, 6.45) is 8.17. The van der Waals surface area contributed by atoms with Crippen molar-refractivity contribution >= 4 is 35.7 Å². The Morgan fingerprint density at radius 1 is 0.740 bits per heavy atom. The second-order valence-electron chi connectivity index (χ2n) is 14.1. The zero-order valence-corrected chi connectivity index (χ0v) is 30.7. The van der Waals surface area contributed by atoms with Gasteiger partial charge >= 0.3 is 11.9 Å². The van der Waals surface area contributed by atoms with Gasteiger partial charge in [-0.1, -0.05) is 18.2 Å². The van der Waals surface area contributed by atoms with Gasteiger partial charge in [0, 0.05) is 12.8 Å². The van der Waals surface area contributed by atoms with Crippen molar-refractivity contribution in [3.8, 4) is 23.0 Å². The molecule has 1 saturated carbocycles. The van der Waals surface area contributed by atoms with Gasteiger partial charge in [-0.3, -0.25) is 19.2 Å². The van der Waals surface area contributed by atoms with Crippen LogP contribution >= 0.6 is 0 Å². The molecule has 1 atom stereocenters. The van der Waals surface area contributed by atoms with Crippen LogP contribution in [0.5, 0.6) is 23.0 Å². The first-order valence-corrected chi connectivity index (χ1v) is 17.1. The minimum atomic E-state index is -0.754. The number of ketones is 2. The average Bonchev–Trinajstić information content (AvgIpc) is 3.04. The molecule has 0 N–H and O–H groups in total. The first-order chi connectivity index (χ1) is 23.6. The molecule has 0 heterocycles. The molecule has 10 nitrogen and oxygen atoms in total. The lowest BCUT2D eigenvalue weighted by atomic mass is 9.81. The van der Waals surface area contributed by atoms with E-state index in [0.29, 0.717) is 73.9 Å². The second-order valence-corrected chi connectivity index (χ2v) is 14.1. The van der Waals surface area contributed by atoms with Crippen LogP contribution in [0.4, 0.5) is 0 Å². The van der Waals surface area contributed by atoms with Gasteiger partial charge in [0.2, 0.25) is 0 Å². The van der Waals surface area contributed by atoms with Crippen molar-refractivity contribution in [1.29, 1.82) is 0 Å². The third-order valence-corrected chi connectivity index (χ3v) is 7.48. The number of methoxy groups -OCH3 is 2. The van der Waals surface area contributed by atoms with Crippen LogP contribution in [0.1, 0.15) is 97.6 Å². The van der Waals surface area contributed by atoms with Crippen LogP contribution in [0, 0.1) is 5.92 Å². The molecule has 1 fully saturated rings. The number of allylic oxidation sites excluding steroid dienone is 2. The number of rotatable bonds is 16. The number of carbonyl (C=O) groups excluding carboxylic acids is 4. The maximum Gasteiger partial charge on any atom is 0.306 e. The molecule has 1 aliphatic rings. The van der Waals surface area contributed by atoms with Gasteiger partial charge in [0.25, 0.3) is 0 Å². The summed E-state index contributed by atoms with van der Waals surface area (Å²) < 4.78 is 33.3. The van der Waals surface area contributed by atoms with E-state index in [2.05, 4.69) is 0 Å². The summed E-state index contributed by atoms with van der Waals surface area (Å²) in [6.45, 7) is 11.6. The van der Waals surface area contributed by atoms with Crippen LogP contribution in [0.3, 0.4) is 0 Å². The molecule has 0 radical (unpaired) electrons. The Balaban J connectivity index is 1.57. The Bertz CT molecular complexity index is 1550. The van der Waals surface area contributed by atoms with Gasteiger partial charge in [-0.15, -0.1) is 0 Å². The lowest BCUT2D eigenvalue weighted by Crippen LogP contribution is -2.27. The Kier molecular flexibility index (Phi) is 14.7. The minimum absolute atomic E-state index is 0.181. The van der Waals surface area contributed by atoms with Crippen molar-refractivity contribution in [2.45, 2.75) is 97.7 Å². The fourth-order valence-electron chi connectivity index (χ4n) is 5.27. The molecule has 1 aliphatic carbocycles. The molecular weight excluding hydrogens is 640 g/mol. The molecule has 2 aromatic carbocycles. The van der Waals surface area contributed by atoms with Gasteiger partial charge in [0.15, 0.2) is 34.6 Å². The topological polar surface area (TPSA) is 124 Å². The number of carbonyl (C=O) groups is 4. The highest BCUT2D eigenvalue weighted by atomic mass is 16.6. The fraction of sp³-hybridized carbons (Fsp3) is 0.500. The van der Waals surface area contributed by atoms with E-state index in [1.807, 2.05) is 47.6 Å². The first-order valence-electron chi connectivity index (χ1n) is 17.1. The van der Waals surface area contributed by atoms with E-state index in [0.717, 1.165) is 11.1 Å². The Labute approximate surface area is 296 Å². The maximum absolute atomic E-state index is 13.4. The number of benzene rings is 2. The van der Waals surface area contributed by atoms with Crippen LogP contribution in [0.2, 0.25) is 0 Å². The van der Waals surface area contributed by atoms with Crippen LogP contribution < -0.4 is 18.9 Å². The van der Waals surface area contributed by atoms with Crippen molar-refractivity contribution < 1.29 is 47.6 Å². The maximum atomic E-state index is 13.4. The number of ether oxygens (including phenoxy) is 6. The highest BCUT2D eigenvalue weighted by Gasteiger charge is 2.31. The Hall–Kier alpha value is -4.60. The molecule has 3 rings (SSSR count). The molecule has 10 heteroatoms. The van der Waals surface area contributed by atoms with Gasteiger partial charge in [-0.05, 0) is 127 Å². The van der Waals surface area contributed by atoms with Crippen molar-refractivity contribution in [2.75, 3.05) is 27.4 Å². The van der Waals surface area contributed by atoms with Gasteiger partial charge in [-0.2, -0.15) is 0 Å². The van der Waals surface area contributed by atoms with E-state index in [-0.39, 0.29) is 36.3 Å². The highest BCUT2D eigenvalue weighted by Crippen LogP contribution is 2.33. The highest BCUT2D eigenvalue weighted by molar-refractivity contribution is 6.16. The lowest BCUT2D eigenvalue weighted by Gasteiger charge is -2.21. The van der Waals surface area contributed by atoms with Gasteiger partial charge in [0.1, 0.15) is 11.2 Å². The zero-order valence-electron chi connectivity index (χ0n) is 30.7. The molecule has 50 heavy (non-hydrogen) atoms. The van der Waals surface area contributed by atoms with Crippen LogP contribution in [-0.4, -0.2) is 62.1 Å². The molecular formula is C40H52O10. The van der Waals surface area contributed by atoms with E-state index < -0.39 is 17.1 Å². The lowest BCUT2D eigenvalue weighted by molar-refractivity contribution is -0.156. The number of Topliss-reactive ketones (excluding diaryl/α,β-unsaturated/α-hetero) is 1. The predicted molar refractivity (Wildman–Crippen MR) is 192 cm³/mol. The molecule has 2 aromatic rings. The largest absolute Gasteiger partial charge is 0.493 e. The SMILES string of the molecule is COc1cc(/C=C/C(=O)C2CCC/C(=C\c3ccc(OCCCC(=O)OC(C)(C)C)c(OC)c3)C2=O)ccc1OCCCC(=O)OC(C)(C)C. The third kappa shape index (κ3) is 13.4. The molecule has 0 aliphatic heterocycles. The standard InChI is InChI=1S/C40H52O10/c1-39(2,3)49-36(42)14-10-22-47-32-20-17-27(25-34(32)45-7)16-19-31(41)30-13-9-12-29(38(30)44)24-28-18-21-33(35(26-28)46-8)48-23-11-15-37(43)50-40(4,5)6/h16-21,24-26,30H,9-15,22-23H2,1-8H3/b19-16+,29-24+. The quantitative estimate of drug-likeness (QED) is 0.0747.